The second kappa shape index (κ2) is 9.84. The SMILES string of the molecule is CCN(CCO)c1ccc(-c2nc3c(C)nn(-c4ccccc4)c3c(=O)[nH]2)c(OC)c1.Cl. The van der Waals surface area contributed by atoms with Crippen LogP contribution in [0.5, 0.6) is 5.75 Å². The number of aryl methyl sites for hydroxylation is 1. The molecule has 0 bridgehead atoms. The Hall–Kier alpha value is -3.36. The second-order valence-corrected chi connectivity index (χ2v) is 7.13. The highest BCUT2D eigenvalue weighted by atomic mass is 35.5. The van der Waals surface area contributed by atoms with Crippen LogP contribution in [0.3, 0.4) is 0 Å². The molecule has 2 heterocycles. The predicted octanol–water partition coefficient (Wildman–Crippen LogP) is 3.33. The number of H-pyrrole nitrogens is 1. The summed E-state index contributed by atoms with van der Waals surface area (Å²) in [5, 5.41) is 13.8. The van der Waals surface area contributed by atoms with Crippen LogP contribution >= 0.6 is 12.4 Å². The minimum Gasteiger partial charge on any atom is -0.496 e. The van der Waals surface area contributed by atoms with Crippen molar-refractivity contribution in [3.8, 4) is 22.8 Å². The van der Waals surface area contributed by atoms with Crippen LogP contribution in [0.15, 0.2) is 53.3 Å². The van der Waals surface area contributed by atoms with E-state index in [4.69, 9.17) is 9.72 Å². The Morgan fingerprint density at radius 3 is 2.59 bits per heavy atom. The Morgan fingerprint density at radius 1 is 1.19 bits per heavy atom. The van der Waals surface area contributed by atoms with Crippen molar-refractivity contribution in [2.75, 3.05) is 31.7 Å². The molecule has 0 aliphatic heterocycles. The first kappa shape index (κ1) is 23.3. The molecule has 0 aliphatic rings. The Kier molecular flexibility index (Phi) is 7.17. The van der Waals surface area contributed by atoms with Crippen LogP contribution in [0.2, 0.25) is 0 Å². The van der Waals surface area contributed by atoms with Crippen LogP contribution in [0, 0.1) is 6.92 Å². The van der Waals surface area contributed by atoms with E-state index in [9.17, 15) is 9.90 Å². The van der Waals surface area contributed by atoms with Crippen molar-refractivity contribution in [2.24, 2.45) is 0 Å². The third-order valence-corrected chi connectivity index (χ3v) is 5.26. The summed E-state index contributed by atoms with van der Waals surface area (Å²) < 4.78 is 7.22. The van der Waals surface area contributed by atoms with Gasteiger partial charge in [-0.15, -0.1) is 12.4 Å². The molecule has 0 fully saturated rings. The maximum Gasteiger partial charge on any atom is 0.277 e. The third-order valence-electron chi connectivity index (χ3n) is 5.26. The molecule has 0 amide bonds. The first-order chi connectivity index (χ1) is 15.1. The van der Waals surface area contributed by atoms with Crippen LogP contribution in [-0.2, 0) is 0 Å². The highest BCUT2D eigenvalue weighted by Gasteiger charge is 2.18. The van der Waals surface area contributed by atoms with E-state index >= 15 is 0 Å². The van der Waals surface area contributed by atoms with Gasteiger partial charge in [0.25, 0.3) is 5.56 Å². The minimum absolute atomic E-state index is 0. The molecule has 168 valence electrons. The normalized spacial score (nSPS) is 10.8. The van der Waals surface area contributed by atoms with Gasteiger partial charge in [0, 0.05) is 24.8 Å². The van der Waals surface area contributed by atoms with Gasteiger partial charge in [0.2, 0.25) is 0 Å². The molecule has 0 unspecified atom stereocenters. The molecular weight excluding hydrogens is 430 g/mol. The number of nitrogens with zero attached hydrogens (tertiary/aromatic N) is 4. The molecule has 2 N–H and O–H groups in total. The van der Waals surface area contributed by atoms with E-state index in [0.29, 0.717) is 40.4 Å². The van der Waals surface area contributed by atoms with Crippen LogP contribution in [0.1, 0.15) is 12.6 Å². The van der Waals surface area contributed by atoms with Crippen LogP contribution in [0.25, 0.3) is 28.1 Å². The number of rotatable bonds is 7. The van der Waals surface area contributed by atoms with Gasteiger partial charge >= 0.3 is 0 Å². The maximum atomic E-state index is 13.1. The summed E-state index contributed by atoms with van der Waals surface area (Å²) in [5.74, 6) is 1.01. The summed E-state index contributed by atoms with van der Waals surface area (Å²) >= 11 is 0. The zero-order valence-corrected chi connectivity index (χ0v) is 19.0. The first-order valence-electron chi connectivity index (χ1n) is 10.2. The number of fused-ring (bicyclic) bond motifs is 1. The summed E-state index contributed by atoms with van der Waals surface area (Å²) in [5.41, 5.74) is 3.75. The number of likely N-dealkylation sites (N-methyl/N-ethyl adjacent to an activating group) is 1. The van der Waals surface area contributed by atoms with Crippen LogP contribution in [0.4, 0.5) is 5.69 Å². The number of hydrogen-bond donors (Lipinski definition) is 2. The molecular formula is C23H26ClN5O3. The molecule has 0 aliphatic carbocycles. The molecule has 4 rings (SSSR count). The number of halogens is 1. The monoisotopic (exact) mass is 455 g/mol. The molecule has 8 nitrogen and oxygen atoms in total. The van der Waals surface area contributed by atoms with Crippen molar-refractivity contribution in [1.82, 2.24) is 19.7 Å². The number of para-hydroxylation sites is 1. The molecule has 9 heteroatoms. The van der Waals surface area contributed by atoms with Gasteiger partial charge in [-0.1, -0.05) is 18.2 Å². The van der Waals surface area contributed by atoms with Crippen molar-refractivity contribution >= 4 is 29.1 Å². The van der Waals surface area contributed by atoms with E-state index in [2.05, 4.69) is 10.1 Å². The average Bonchev–Trinajstić information content (AvgIpc) is 3.14. The van der Waals surface area contributed by atoms with Crippen molar-refractivity contribution < 1.29 is 9.84 Å². The summed E-state index contributed by atoms with van der Waals surface area (Å²) in [4.78, 5) is 22.7. The topological polar surface area (TPSA) is 96.3 Å². The van der Waals surface area contributed by atoms with Gasteiger partial charge in [0.1, 0.15) is 17.1 Å². The molecule has 4 aromatic rings. The Morgan fingerprint density at radius 2 is 1.94 bits per heavy atom. The fraction of sp³-hybridized carbons (Fsp3) is 0.261. The average molecular weight is 456 g/mol. The summed E-state index contributed by atoms with van der Waals surface area (Å²) in [6.45, 7) is 5.20. The molecule has 32 heavy (non-hydrogen) atoms. The van der Waals surface area contributed by atoms with Gasteiger partial charge in [-0.05, 0) is 38.1 Å². The van der Waals surface area contributed by atoms with Crippen LogP contribution in [-0.4, -0.2) is 51.7 Å². The van der Waals surface area contributed by atoms with Crippen molar-refractivity contribution in [2.45, 2.75) is 13.8 Å². The van der Waals surface area contributed by atoms with E-state index in [-0.39, 0.29) is 24.6 Å². The number of aromatic nitrogens is 4. The number of nitrogens with one attached hydrogen (secondary N) is 1. The van der Waals surface area contributed by atoms with Crippen molar-refractivity contribution in [3.63, 3.8) is 0 Å². The molecule has 2 aromatic carbocycles. The Bertz CT molecular complexity index is 1270. The van der Waals surface area contributed by atoms with Crippen LogP contribution < -0.4 is 15.2 Å². The quantitative estimate of drug-likeness (QED) is 0.443. The molecule has 2 aromatic heterocycles. The number of aliphatic hydroxyl groups is 1. The summed E-state index contributed by atoms with van der Waals surface area (Å²) in [7, 11) is 1.58. The second-order valence-electron chi connectivity index (χ2n) is 7.13. The number of hydrogen-bond acceptors (Lipinski definition) is 6. The van der Waals surface area contributed by atoms with E-state index in [1.807, 2.05) is 67.3 Å². The lowest BCUT2D eigenvalue weighted by Crippen LogP contribution is -2.26. The van der Waals surface area contributed by atoms with Gasteiger partial charge in [-0.25, -0.2) is 9.67 Å². The minimum atomic E-state index is -0.272. The lowest BCUT2D eigenvalue weighted by molar-refractivity contribution is 0.302. The molecule has 0 saturated carbocycles. The highest BCUT2D eigenvalue weighted by molar-refractivity contribution is 5.85. The number of anilines is 1. The molecule has 0 saturated heterocycles. The zero-order chi connectivity index (χ0) is 22.0. The Labute approximate surface area is 191 Å². The fourth-order valence-electron chi connectivity index (χ4n) is 3.71. The van der Waals surface area contributed by atoms with E-state index < -0.39 is 0 Å². The highest BCUT2D eigenvalue weighted by Crippen LogP contribution is 2.32. The molecule has 0 spiro atoms. The third kappa shape index (κ3) is 4.19. The largest absolute Gasteiger partial charge is 0.496 e. The number of ether oxygens (including phenoxy) is 1. The fourth-order valence-corrected chi connectivity index (χ4v) is 3.71. The van der Waals surface area contributed by atoms with Crippen molar-refractivity contribution in [3.05, 3.63) is 64.6 Å². The van der Waals surface area contributed by atoms with E-state index in [0.717, 1.165) is 17.9 Å². The first-order valence-corrected chi connectivity index (χ1v) is 10.2. The number of benzene rings is 2. The van der Waals surface area contributed by atoms with E-state index in [1.165, 1.54) is 0 Å². The molecule has 0 atom stereocenters. The summed E-state index contributed by atoms with van der Waals surface area (Å²) in [6, 6.07) is 15.2. The predicted molar refractivity (Wildman–Crippen MR) is 128 cm³/mol. The van der Waals surface area contributed by atoms with Gasteiger partial charge in [-0.2, -0.15) is 5.10 Å². The van der Waals surface area contributed by atoms with Gasteiger partial charge < -0.3 is 19.7 Å². The van der Waals surface area contributed by atoms with Gasteiger partial charge in [0.05, 0.1) is 30.7 Å². The van der Waals surface area contributed by atoms with E-state index in [1.54, 1.807) is 11.8 Å². The van der Waals surface area contributed by atoms with Gasteiger partial charge in [0.15, 0.2) is 5.52 Å². The Balaban J connectivity index is 0.00000289. The molecule has 0 radical (unpaired) electrons. The smallest absolute Gasteiger partial charge is 0.277 e. The summed E-state index contributed by atoms with van der Waals surface area (Å²) in [6.07, 6.45) is 0. The lowest BCUT2D eigenvalue weighted by Gasteiger charge is -2.23. The zero-order valence-electron chi connectivity index (χ0n) is 18.2. The maximum absolute atomic E-state index is 13.1. The number of aromatic amines is 1. The number of aliphatic hydroxyl groups excluding tert-OH is 1. The standard InChI is InChI=1S/C23H25N5O3.ClH/c1-4-27(12-13-29)17-10-11-18(19(14-17)31-3)22-24-20-15(2)26-28(21(20)23(30)25-22)16-8-6-5-7-9-16;/h5-11,14,29H,4,12-13H2,1-3H3,(H,24,25,30);1H. The number of methoxy groups -OCH3 is 1. The van der Waals surface area contributed by atoms with Gasteiger partial charge in [-0.3, -0.25) is 4.79 Å². The van der Waals surface area contributed by atoms with Crippen molar-refractivity contribution in [1.29, 1.82) is 0 Å². The lowest BCUT2D eigenvalue weighted by atomic mass is 10.1.